The van der Waals surface area contributed by atoms with Crippen LogP contribution >= 0.6 is 23.2 Å². The van der Waals surface area contributed by atoms with Gasteiger partial charge in [-0.05, 0) is 79.2 Å². The number of para-hydroxylation sites is 2. The van der Waals surface area contributed by atoms with Gasteiger partial charge in [-0.15, -0.1) is 0 Å². The van der Waals surface area contributed by atoms with Gasteiger partial charge >= 0.3 is 0 Å². The highest BCUT2D eigenvalue weighted by atomic mass is 35.5. The Hall–Kier alpha value is -3.34. The average molecular weight is 475 g/mol. The lowest BCUT2D eigenvalue weighted by Crippen LogP contribution is -2.18. The van der Waals surface area contributed by atoms with E-state index in [1.54, 1.807) is 0 Å². The number of halogens is 2. The van der Waals surface area contributed by atoms with Gasteiger partial charge in [-0.3, -0.25) is 0 Å². The van der Waals surface area contributed by atoms with Crippen LogP contribution in [0.5, 0.6) is 0 Å². The van der Waals surface area contributed by atoms with E-state index in [1.807, 2.05) is 54.6 Å². The first-order chi connectivity index (χ1) is 16.1. The maximum absolute atomic E-state index is 6.18. The van der Waals surface area contributed by atoms with Gasteiger partial charge in [-0.25, -0.2) is 0 Å². The zero-order valence-electron chi connectivity index (χ0n) is 18.2. The highest BCUT2D eigenvalue weighted by Gasteiger charge is 2.25. The third kappa shape index (κ3) is 4.45. The molecule has 4 aromatic rings. The van der Waals surface area contributed by atoms with Crippen molar-refractivity contribution in [3.05, 3.63) is 95.0 Å². The second-order valence-electron chi connectivity index (χ2n) is 7.93. The van der Waals surface area contributed by atoms with Crippen LogP contribution in [0.3, 0.4) is 0 Å². The zero-order chi connectivity index (χ0) is 22.8. The minimum Gasteiger partial charge on any atom is -0.383 e. The van der Waals surface area contributed by atoms with Gasteiger partial charge in [0, 0.05) is 28.0 Å². The summed E-state index contributed by atoms with van der Waals surface area (Å²) in [7, 11) is 0. The summed E-state index contributed by atoms with van der Waals surface area (Å²) in [5.74, 6) is 0. The maximum atomic E-state index is 6.18. The van der Waals surface area contributed by atoms with Crippen LogP contribution in [0.15, 0.2) is 84.9 Å². The standard InChI is InChI=1S/C27H24Cl2N4/c1-2-15-30-23-17-27-25(16-24(23)31-20-11-7-18(28)8-12-20)32-22-5-3-4-6-26(22)33(27)21-13-9-19(29)10-14-21/h3-14,16-17,30-32H,2,15H2,1H3. The van der Waals surface area contributed by atoms with E-state index in [2.05, 4.69) is 58.1 Å². The van der Waals surface area contributed by atoms with Gasteiger partial charge in [-0.1, -0.05) is 42.3 Å². The molecule has 0 amide bonds. The average Bonchev–Trinajstić information content (AvgIpc) is 2.83. The van der Waals surface area contributed by atoms with E-state index in [0.29, 0.717) is 5.02 Å². The van der Waals surface area contributed by atoms with Crippen molar-refractivity contribution in [1.82, 2.24) is 0 Å². The molecule has 1 heterocycles. The summed E-state index contributed by atoms with van der Waals surface area (Å²) in [4.78, 5) is 2.26. The Morgan fingerprint density at radius 3 is 2.18 bits per heavy atom. The van der Waals surface area contributed by atoms with Crippen molar-refractivity contribution in [1.29, 1.82) is 0 Å². The summed E-state index contributed by atoms with van der Waals surface area (Å²) < 4.78 is 0. The SMILES string of the molecule is CCCNc1cc2c(cc1Nc1ccc(Cl)cc1)Nc1ccccc1N2c1ccc(Cl)cc1. The van der Waals surface area contributed by atoms with Crippen molar-refractivity contribution in [3.8, 4) is 0 Å². The zero-order valence-corrected chi connectivity index (χ0v) is 19.7. The fourth-order valence-electron chi connectivity index (χ4n) is 3.99. The molecular weight excluding hydrogens is 451 g/mol. The Bertz CT molecular complexity index is 1270. The molecule has 0 radical (unpaired) electrons. The molecule has 0 bridgehead atoms. The number of rotatable bonds is 6. The second kappa shape index (κ2) is 9.26. The molecule has 0 saturated carbocycles. The molecule has 3 N–H and O–H groups in total. The third-order valence-corrected chi connectivity index (χ3v) is 6.07. The lowest BCUT2D eigenvalue weighted by atomic mass is 10.1. The van der Waals surface area contributed by atoms with Crippen molar-refractivity contribution in [2.75, 3.05) is 27.4 Å². The molecular formula is C27H24Cl2N4. The van der Waals surface area contributed by atoms with Crippen molar-refractivity contribution in [2.24, 2.45) is 0 Å². The molecule has 0 fully saturated rings. The maximum Gasteiger partial charge on any atom is 0.0719 e. The first-order valence-electron chi connectivity index (χ1n) is 11.0. The lowest BCUT2D eigenvalue weighted by Gasteiger charge is -2.35. The number of anilines is 8. The van der Waals surface area contributed by atoms with E-state index < -0.39 is 0 Å². The van der Waals surface area contributed by atoms with Gasteiger partial charge in [0.1, 0.15) is 0 Å². The number of hydrogen-bond acceptors (Lipinski definition) is 4. The summed E-state index contributed by atoms with van der Waals surface area (Å²) in [6.07, 6.45) is 1.03. The summed E-state index contributed by atoms with van der Waals surface area (Å²) in [6.45, 7) is 3.04. The van der Waals surface area contributed by atoms with Crippen molar-refractivity contribution in [2.45, 2.75) is 13.3 Å². The van der Waals surface area contributed by atoms with Gasteiger partial charge in [0.05, 0.1) is 34.1 Å². The smallest absolute Gasteiger partial charge is 0.0719 e. The van der Waals surface area contributed by atoms with Crippen LogP contribution in [0.4, 0.5) is 45.5 Å². The largest absolute Gasteiger partial charge is 0.383 e. The molecule has 33 heavy (non-hydrogen) atoms. The van der Waals surface area contributed by atoms with Crippen LogP contribution < -0.4 is 20.9 Å². The Labute approximate surface area is 204 Å². The Balaban J connectivity index is 1.63. The normalized spacial score (nSPS) is 11.9. The molecule has 4 aromatic carbocycles. The van der Waals surface area contributed by atoms with E-state index in [9.17, 15) is 0 Å². The second-order valence-corrected chi connectivity index (χ2v) is 8.80. The fraction of sp³-hybridized carbons (Fsp3) is 0.111. The first-order valence-corrected chi connectivity index (χ1v) is 11.7. The number of fused-ring (bicyclic) bond motifs is 2. The van der Waals surface area contributed by atoms with Gasteiger partial charge in [0.15, 0.2) is 0 Å². The highest BCUT2D eigenvalue weighted by molar-refractivity contribution is 6.31. The van der Waals surface area contributed by atoms with Crippen LogP contribution in [-0.4, -0.2) is 6.54 Å². The minimum absolute atomic E-state index is 0.715. The fourth-order valence-corrected chi connectivity index (χ4v) is 4.24. The number of nitrogens with one attached hydrogen (secondary N) is 3. The quantitative estimate of drug-likeness (QED) is 0.229. The number of benzene rings is 4. The topological polar surface area (TPSA) is 39.3 Å². The van der Waals surface area contributed by atoms with Crippen LogP contribution in [0.1, 0.15) is 13.3 Å². The third-order valence-electron chi connectivity index (χ3n) is 5.56. The molecule has 6 heteroatoms. The van der Waals surface area contributed by atoms with Gasteiger partial charge in [-0.2, -0.15) is 0 Å². The molecule has 1 aliphatic rings. The van der Waals surface area contributed by atoms with Crippen LogP contribution in [-0.2, 0) is 0 Å². The molecule has 5 rings (SSSR count). The lowest BCUT2D eigenvalue weighted by molar-refractivity contribution is 0.980. The first kappa shape index (κ1) is 21.5. The monoisotopic (exact) mass is 474 g/mol. The molecule has 0 aromatic heterocycles. The van der Waals surface area contributed by atoms with Crippen LogP contribution in [0.2, 0.25) is 10.0 Å². The molecule has 0 aliphatic carbocycles. The molecule has 0 atom stereocenters. The van der Waals surface area contributed by atoms with Gasteiger partial charge < -0.3 is 20.9 Å². The molecule has 0 unspecified atom stereocenters. The molecule has 0 saturated heterocycles. The summed E-state index contributed by atoms with van der Waals surface area (Å²) in [5, 5.41) is 12.2. The Morgan fingerprint density at radius 1 is 0.758 bits per heavy atom. The number of hydrogen-bond donors (Lipinski definition) is 3. The molecule has 1 aliphatic heterocycles. The Morgan fingerprint density at radius 2 is 1.45 bits per heavy atom. The van der Waals surface area contributed by atoms with Crippen LogP contribution in [0.25, 0.3) is 0 Å². The predicted molar refractivity (Wildman–Crippen MR) is 143 cm³/mol. The van der Waals surface area contributed by atoms with E-state index in [-0.39, 0.29) is 0 Å². The molecule has 0 spiro atoms. The van der Waals surface area contributed by atoms with Gasteiger partial charge in [0.25, 0.3) is 0 Å². The van der Waals surface area contributed by atoms with Crippen molar-refractivity contribution in [3.63, 3.8) is 0 Å². The van der Waals surface area contributed by atoms with E-state index >= 15 is 0 Å². The van der Waals surface area contributed by atoms with Crippen molar-refractivity contribution >= 4 is 68.7 Å². The predicted octanol–water partition coefficient (Wildman–Crippen LogP) is 9.09. The minimum atomic E-state index is 0.715. The van der Waals surface area contributed by atoms with E-state index in [4.69, 9.17) is 23.2 Å². The summed E-state index contributed by atoms with van der Waals surface area (Å²) >= 11 is 12.3. The molecule has 166 valence electrons. The summed E-state index contributed by atoms with van der Waals surface area (Å²) in [5.41, 5.74) is 8.27. The Kier molecular flexibility index (Phi) is 6.03. The summed E-state index contributed by atoms with van der Waals surface area (Å²) in [6, 6.07) is 28.3. The van der Waals surface area contributed by atoms with Crippen LogP contribution in [0, 0.1) is 0 Å². The van der Waals surface area contributed by atoms with Crippen molar-refractivity contribution < 1.29 is 0 Å². The van der Waals surface area contributed by atoms with Gasteiger partial charge in [0.2, 0.25) is 0 Å². The van der Waals surface area contributed by atoms with E-state index in [0.717, 1.165) is 63.5 Å². The van der Waals surface area contributed by atoms with E-state index in [1.165, 1.54) is 0 Å². The molecule has 4 nitrogen and oxygen atoms in total. The number of nitrogens with zero attached hydrogens (tertiary/aromatic N) is 1. The highest BCUT2D eigenvalue weighted by Crippen LogP contribution is 2.50.